The van der Waals surface area contributed by atoms with Crippen LogP contribution in [0.15, 0.2) is 12.1 Å². The van der Waals surface area contributed by atoms with Gasteiger partial charge in [-0.3, -0.25) is 4.79 Å². The third-order valence-electron chi connectivity index (χ3n) is 2.54. The quantitative estimate of drug-likeness (QED) is 0.667. The maximum Gasteiger partial charge on any atom is 0.151 e. The fourth-order valence-corrected chi connectivity index (χ4v) is 2.04. The molecule has 0 atom stereocenters. The second-order valence-electron chi connectivity index (χ2n) is 4.12. The van der Waals surface area contributed by atoms with Crippen molar-refractivity contribution in [2.75, 3.05) is 6.61 Å². The number of rotatable bonds is 1. The third kappa shape index (κ3) is 1.22. The normalized spacial score (nSPS) is 17.4. The largest absolute Gasteiger partial charge is 0.492 e. The van der Waals surface area contributed by atoms with Crippen LogP contribution in [0.2, 0.25) is 5.02 Å². The molecule has 0 fully saturated rings. The number of carbonyl (C=O) groups is 1. The van der Waals surface area contributed by atoms with Gasteiger partial charge in [0.25, 0.3) is 0 Å². The van der Waals surface area contributed by atoms with Gasteiger partial charge in [-0.2, -0.15) is 0 Å². The van der Waals surface area contributed by atoms with Gasteiger partial charge in [-0.05, 0) is 12.1 Å². The lowest BCUT2D eigenvalue weighted by molar-refractivity contribution is 0.112. The number of hydrogen-bond acceptors (Lipinski definition) is 2. The monoisotopic (exact) mass is 210 g/mol. The molecule has 0 unspecified atom stereocenters. The van der Waals surface area contributed by atoms with E-state index in [1.54, 1.807) is 6.07 Å². The molecule has 0 aliphatic carbocycles. The molecular formula is C11H11ClO2. The Bertz CT molecular complexity index is 397. The van der Waals surface area contributed by atoms with Gasteiger partial charge in [0, 0.05) is 16.5 Å². The summed E-state index contributed by atoms with van der Waals surface area (Å²) in [5.74, 6) is 0.779. The highest BCUT2D eigenvalue weighted by Crippen LogP contribution is 2.42. The Balaban J connectivity index is 2.72. The van der Waals surface area contributed by atoms with Crippen molar-refractivity contribution in [3.63, 3.8) is 0 Å². The zero-order chi connectivity index (χ0) is 10.3. The van der Waals surface area contributed by atoms with Crippen LogP contribution in [0.3, 0.4) is 0 Å². The average molecular weight is 211 g/mol. The van der Waals surface area contributed by atoms with Gasteiger partial charge >= 0.3 is 0 Å². The number of halogens is 1. The first-order valence-electron chi connectivity index (χ1n) is 4.47. The van der Waals surface area contributed by atoms with E-state index in [9.17, 15) is 4.79 Å². The summed E-state index contributed by atoms with van der Waals surface area (Å²) >= 11 is 5.95. The summed E-state index contributed by atoms with van der Waals surface area (Å²) < 4.78 is 5.49. The second-order valence-corrected chi connectivity index (χ2v) is 4.53. The first kappa shape index (κ1) is 9.53. The Morgan fingerprint density at radius 2 is 2.21 bits per heavy atom. The van der Waals surface area contributed by atoms with Crippen molar-refractivity contribution in [3.8, 4) is 5.75 Å². The van der Waals surface area contributed by atoms with Crippen molar-refractivity contribution in [1.29, 1.82) is 0 Å². The van der Waals surface area contributed by atoms with Crippen LogP contribution >= 0.6 is 11.6 Å². The molecule has 0 radical (unpaired) electrons. The van der Waals surface area contributed by atoms with E-state index in [0.29, 0.717) is 17.2 Å². The second kappa shape index (κ2) is 2.99. The van der Waals surface area contributed by atoms with Gasteiger partial charge < -0.3 is 4.74 Å². The molecule has 14 heavy (non-hydrogen) atoms. The number of benzene rings is 1. The molecule has 0 aromatic heterocycles. The highest BCUT2D eigenvalue weighted by molar-refractivity contribution is 6.33. The number of hydrogen-bond donors (Lipinski definition) is 0. The van der Waals surface area contributed by atoms with E-state index in [2.05, 4.69) is 0 Å². The summed E-state index contributed by atoms with van der Waals surface area (Å²) in [5, 5.41) is 0.498. The van der Waals surface area contributed by atoms with Gasteiger partial charge in [0.2, 0.25) is 0 Å². The van der Waals surface area contributed by atoms with Crippen LogP contribution in [0.1, 0.15) is 29.8 Å². The minimum absolute atomic E-state index is 0.128. The minimum Gasteiger partial charge on any atom is -0.492 e. The van der Waals surface area contributed by atoms with Crippen LogP contribution in [-0.4, -0.2) is 12.9 Å². The molecule has 1 aliphatic rings. The van der Waals surface area contributed by atoms with E-state index in [0.717, 1.165) is 17.6 Å². The van der Waals surface area contributed by atoms with Crippen molar-refractivity contribution < 1.29 is 9.53 Å². The standard InChI is InChI=1S/C11H11ClO2/c1-11(2)6-14-9-4-3-8(12)7(5-13)10(9)11/h3-5H,6H2,1-2H3. The lowest BCUT2D eigenvalue weighted by Crippen LogP contribution is -2.19. The fraction of sp³-hybridized carbons (Fsp3) is 0.364. The van der Waals surface area contributed by atoms with E-state index >= 15 is 0 Å². The summed E-state index contributed by atoms with van der Waals surface area (Å²) in [5.41, 5.74) is 1.36. The first-order chi connectivity index (χ1) is 6.56. The highest BCUT2D eigenvalue weighted by atomic mass is 35.5. The Morgan fingerprint density at radius 1 is 1.50 bits per heavy atom. The molecule has 1 aromatic rings. The van der Waals surface area contributed by atoms with Crippen molar-refractivity contribution in [2.45, 2.75) is 19.3 Å². The van der Waals surface area contributed by atoms with E-state index in [4.69, 9.17) is 16.3 Å². The van der Waals surface area contributed by atoms with Gasteiger partial charge in [0.15, 0.2) is 6.29 Å². The van der Waals surface area contributed by atoms with E-state index in [-0.39, 0.29) is 5.41 Å². The molecule has 0 amide bonds. The molecular weight excluding hydrogens is 200 g/mol. The van der Waals surface area contributed by atoms with Gasteiger partial charge in [-0.15, -0.1) is 0 Å². The lowest BCUT2D eigenvalue weighted by atomic mass is 9.84. The Labute approximate surface area is 87.8 Å². The Morgan fingerprint density at radius 3 is 2.86 bits per heavy atom. The summed E-state index contributed by atoms with van der Waals surface area (Å²) in [6.45, 7) is 4.69. The molecule has 2 rings (SSSR count). The van der Waals surface area contributed by atoms with E-state index < -0.39 is 0 Å². The van der Waals surface area contributed by atoms with Crippen molar-refractivity contribution in [1.82, 2.24) is 0 Å². The molecule has 1 aromatic carbocycles. The smallest absolute Gasteiger partial charge is 0.151 e. The van der Waals surface area contributed by atoms with Crippen molar-refractivity contribution >= 4 is 17.9 Å². The van der Waals surface area contributed by atoms with Gasteiger partial charge in [0.05, 0.1) is 11.6 Å². The lowest BCUT2D eigenvalue weighted by Gasteiger charge is -2.17. The zero-order valence-electron chi connectivity index (χ0n) is 8.13. The maximum absolute atomic E-state index is 10.9. The van der Waals surface area contributed by atoms with Gasteiger partial charge in [-0.25, -0.2) is 0 Å². The number of fused-ring (bicyclic) bond motifs is 1. The fourth-order valence-electron chi connectivity index (χ4n) is 1.84. The van der Waals surface area contributed by atoms with Crippen LogP contribution in [0.5, 0.6) is 5.75 Å². The molecule has 0 N–H and O–H groups in total. The van der Waals surface area contributed by atoms with Gasteiger partial charge in [-0.1, -0.05) is 25.4 Å². The Hall–Kier alpha value is -1.02. The number of ether oxygens (including phenoxy) is 1. The first-order valence-corrected chi connectivity index (χ1v) is 4.85. The van der Waals surface area contributed by atoms with Gasteiger partial charge in [0.1, 0.15) is 5.75 Å². The van der Waals surface area contributed by atoms with Crippen molar-refractivity contribution in [3.05, 3.63) is 28.3 Å². The highest BCUT2D eigenvalue weighted by Gasteiger charge is 2.34. The topological polar surface area (TPSA) is 26.3 Å². The van der Waals surface area contributed by atoms with E-state index in [1.807, 2.05) is 19.9 Å². The number of aldehydes is 1. The molecule has 0 saturated heterocycles. The van der Waals surface area contributed by atoms with Crippen molar-refractivity contribution in [2.24, 2.45) is 0 Å². The summed E-state index contributed by atoms with van der Waals surface area (Å²) in [4.78, 5) is 10.9. The molecule has 3 heteroatoms. The molecule has 0 saturated carbocycles. The molecule has 0 spiro atoms. The number of carbonyl (C=O) groups excluding carboxylic acids is 1. The SMILES string of the molecule is CC1(C)COc2ccc(Cl)c(C=O)c21. The maximum atomic E-state index is 10.9. The van der Waals surface area contributed by atoms with Crippen LogP contribution in [0.4, 0.5) is 0 Å². The minimum atomic E-state index is -0.128. The Kier molecular flexibility index (Phi) is 2.04. The summed E-state index contributed by atoms with van der Waals surface area (Å²) in [6.07, 6.45) is 0.803. The summed E-state index contributed by atoms with van der Waals surface area (Å²) in [6, 6.07) is 3.52. The summed E-state index contributed by atoms with van der Waals surface area (Å²) in [7, 11) is 0. The molecule has 1 heterocycles. The average Bonchev–Trinajstić information content (AvgIpc) is 2.43. The predicted molar refractivity (Wildman–Crippen MR) is 55.4 cm³/mol. The van der Waals surface area contributed by atoms with Crippen LogP contribution in [0, 0.1) is 0 Å². The molecule has 1 aliphatic heterocycles. The molecule has 2 nitrogen and oxygen atoms in total. The zero-order valence-corrected chi connectivity index (χ0v) is 8.89. The molecule has 0 bridgehead atoms. The predicted octanol–water partition coefficient (Wildman–Crippen LogP) is 2.82. The van der Waals surface area contributed by atoms with Crippen LogP contribution < -0.4 is 4.74 Å². The van der Waals surface area contributed by atoms with Crippen LogP contribution in [-0.2, 0) is 5.41 Å². The molecule has 74 valence electrons. The third-order valence-corrected chi connectivity index (χ3v) is 2.87. The van der Waals surface area contributed by atoms with E-state index in [1.165, 1.54) is 0 Å². The van der Waals surface area contributed by atoms with Crippen LogP contribution in [0.25, 0.3) is 0 Å².